The minimum Gasteiger partial charge on any atom is -0.493 e. The molecule has 0 heterocycles. The Balaban J connectivity index is 2.96. The van der Waals surface area contributed by atoms with E-state index in [9.17, 15) is 9.59 Å². The number of hydrogen-bond donors (Lipinski definition) is 0. The third-order valence-electron chi connectivity index (χ3n) is 3.94. The number of methoxy groups -OCH3 is 3. The number of benzene rings is 1. The largest absolute Gasteiger partial charge is 0.493 e. The second-order valence-corrected chi connectivity index (χ2v) is 5.80. The zero-order valence-corrected chi connectivity index (χ0v) is 16.2. The van der Waals surface area contributed by atoms with Crippen LogP contribution in [0.5, 0.6) is 11.5 Å². The van der Waals surface area contributed by atoms with Crippen LogP contribution in [0.25, 0.3) is 0 Å². The van der Waals surface area contributed by atoms with Crippen LogP contribution in [0.2, 0.25) is 0 Å². The van der Waals surface area contributed by atoms with E-state index in [0.29, 0.717) is 43.2 Å². The molecule has 0 aromatic heterocycles. The van der Waals surface area contributed by atoms with E-state index in [1.807, 2.05) is 6.92 Å². The number of esters is 1. The third kappa shape index (κ3) is 6.22. The van der Waals surface area contributed by atoms with Crippen LogP contribution in [0.4, 0.5) is 0 Å². The highest BCUT2D eigenvalue weighted by molar-refractivity contribution is 5.95. The van der Waals surface area contributed by atoms with Gasteiger partial charge in [-0.1, -0.05) is 6.92 Å². The normalized spacial score (nSPS) is 11.6. The minimum atomic E-state index is -0.420. The monoisotopic (exact) mass is 367 g/mol. The Bertz CT molecular complexity index is 589. The van der Waals surface area contributed by atoms with E-state index < -0.39 is 5.92 Å². The van der Waals surface area contributed by atoms with Gasteiger partial charge >= 0.3 is 5.97 Å². The second-order valence-electron chi connectivity index (χ2n) is 5.80. The molecule has 146 valence electrons. The van der Waals surface area contributed by atoms with Gasteiger partial charge in [0.1, 0.15) is 0 Å². The lowest BCUT2D eigenvalue weighted by Gasteiger charge is -2.25. The Morgan fingerprint density at radius 1 is 1.12 bits per heavy atom. The van der Waals surface area contributed by atoms with Crippen LogP contribution in [-0.4, -0.2) is 64.4 Å². The summed E-state index contributed by atoms with van der Waals surface area (Å²) in [6.07, 6.45) is 0.681. The quantitative estimate of drug-likeness (QED) is 0.442. The summed E-state index contributed by atoms with van der Waals surface area (Å²) in [5.74, 6) is 0.0813. The maximum Gasteiger partial charge on any atom is 0.310 e. The van der Waals surface area contributed by atoms with Crippen molar-refractivity contribution in [3.63, 3.8) is 0 Å². The van der Waals surface area contributed by atoms with Gasteiger partial charge in [0.2, 0.25) is 0 Å². The van der Waals surface area contributed by atoms with Crippen LogP contribution in [0, 0.1) is 5.92 Å². The zero-order valence-electron chi connectivity index (χ0n) is 16.2. The smallest absolute Gasteiger partial charge is 0.310 e. The van der Waals surface area contributed by atoms with E-state index in [2.05, 4.69) is 0 Å². The summed E-state index contributed by atoms with van der Waals surface area (Å²) in [7, 11) is 4.40. The van der Waals surface area contributed by atoms with Gasteiger partial charge in [-0.25, -0.2) is 0 Å². The fraction of sp³-hybridized carbons (Fsp3) is 0.579. The molecule has 7 nitrogen and oxygen atoms in total. The highest BCUT2D eigenvalue weighted by atomic mass is 16.5. The molecule has 0 N–H and O–H groups in total. The lowest BCUT2D eigenvalue weighted by atomic mass is 10.1. The summed E-state index contributed by atoms with van der Waals surface area (Å²) in [4.78, 5) is 26.3. The van der Waals surface area contributed by atoms with Crippen LogP contribution in [0.3, 0.4) is 0 Å². The molecule has 0 radical (unpaired) electrons. The van der Waals surface area contributed by atoms with Gasteiger partial charge in [-0.3, -0.25) is 9.59 Å². The molecule has 1 aromatic carbocycles. The molecule has 1 atom stereocenters. The summed E-state index contributed by atoms with van der Waals surface area (Å²) in [6, 6.07) is 5.01. The number of hydrogen-bond acceptors (Lipinski definition) is 6. The second kappa shape index (κ2) is 11.4. The van der Waals surface area contributed by atoms with Gasteiger partial charge < -0.3 is 23.8 Å². The molecule has 0 aliphatic rings. The number of carbonyl (C=O) groups excluding carboxylic acids is 2. The highest BCUT2D eigenvalue weighted by Crippen LogP contribution is 2.28. The van der Waals surface area contributed by atoms with E-state index in [-0.39, 0.29) is 18.4 Å². The summed E-state index contributed by atoms with van der Waals surface area (Å²) in [5.41, 5.74) is 0.469. The van der Waals surface area contributed by atoms with Crippen LogP contribution in [-0.2, 0) is 14.3 Å². The molecule has 0 fully saturated rings. The molecule has 1 aromatic rings. The Hall–Kier alpha value is -2.28. The van der Waals surface area contributed by atoms with Crippen molar-refractivity contribution in [1.29, 1.82) is 0 Å². The van der Waals surface area contributed by atoms with Gasteiger partial charge in [0.15, 0.2) is 11.5 Å². The molecule has 1 rings (SSSR count). The van der Waals surface area contributed by atoms with Gasteiger partial charge in [-0.2, -0.15) is 0 Å². The average Bonchev–Trinajstić information content (AvgIpc) is 2.68. The Labute approximate surface area is 155 Å². The zero-order chi connectivity index (χ0) is 19.5. The summed E-state index contributed by atoms with van der Waals surface area (Å²) in [6.45, 7) is 5.59. The summed E-state index contributed by atoms with van der Waals surface area (Å²) < 4.78 is 20.6. The fourth-order valence-corrected chi connectivity index (χ4v) is 2.54. The number of nitrogens with zero attached hydrogens (tertiary/aromatic N) is 1. The average molecular weight is 367 g/mol. The molecule has 0 saturated carbocycles. The molecule has 0 bridgehead atoms. The van der Waals surface area contributed by atoms with E-state index in [4.69, 9.17) is 18.9 Å². The van der Waals surface area contributed by atoms with Gasteiger partial charge in [-0.15, -0.1) is 0 Å². The van der Waals surface area contributed by atoms with Crippen molar-refractivity contribution in [2.24, 2.45) is 5.92 Å². The Morgan fingerprint density at radius 2 is 1.81 bits per heavy atom. The first-order valence-electron chi connectivity index (χ1n) is 8.65. The molecule has 0 aliphatic carbocycles. The first-order valence-corrected chi connectivity index (χ1v) is 8.65. The molecular weight excluding hydrogens is 338 g/mol. The maximum atomic E-state index is 13.0. The van der Waals surface area contributed by atoms with Crippen LogP contribution >= 0.6 is 0 Å². The standard InChI is InChI=1S/C19H29NO6/c1-6-26-11-7-10-20(13-14(2)19(22)25-5)18(21)15-8-9-16(23-3)17(12-15)24-4/h8-9,12,14H,6-7,10-11,13H2,1-5H3. The first-order chi connectivity index (χ1) is 12.5. The molecule has 0 aliphatic heterocycles. The van der Waals surface area contributed by atoms with E-state index in [1.54, 1.807) is 30.0 Å². The molecule has 1 amide bonds. The Kier molecular flexibility index (Phi) is 9.51. The van der Waals surface area contributed by atoms with Crippen molar-refractivity contribution < 1.29 is 28.5 Å². The topological polar surface area (TPSA) is 74.3 Å². The lowest BCUT2D eigenvalue weighted by Crippen LogP contribution is -2.38. The van der Waals surface area contributed by atoms with Gasteiger partial charge in [0.25, 0.3) is 5.91 Å². The lowest BCUT2D eigenvalue weighted by molar-refractivity contribution is -0.145. The van der Waals surface area contributed by atoms with Gasteiger partial charge in [0, 0.05) is 31.9 Å². The molecule has 0 spiro atoms. The number of ether oxygens (including phenoxy) is 4. The highest BCUT2D eigenvalue weighted by Gasteiger charge is 2.23. The van der Waals surface area contributed by atoms with Crippen molar-refractivity contribution in [2.75, 3.05) is 47.6 Å². The molecule has 26 heavy (non-hydrogen) atoms. The van der Waals surface area contributed by atoms with Crippen molar-refractivity contribution in [1.82, 2.24) is 4.90 Å². The predicted octanol–water partition coefficient (Wildman–Crippen LogP) is 2.38. The number of rotatable bonds is 11. The summed E-state index contributed by atoms with van der Waals surface area (Å²) >= 11 is 0. The van der Waals surface area contributed by atoms with Gasteiger partial charge in [-0.05, 0) is 31.5 Å². The minimum absolute atomic E-state index is 0.182. The Morgan fingerprint density at radius 3 is 2.38 bits per heavy atom. The number of carbonyl (C=O) groups is 2. The van der Waals surface area contributed by atoms with Crippen molar-refractivity contribution >= 4 is 11.9 Å². The summed E-state index contributed by atoms with van der Waals surface area (Å²) in [5, 5.41) is 0. The fourth-order valence-electron chi connectivity index (χ4n) is 2.54. The van der Waals surface area contributed by atoms with Gasteiger partial charge in [0.05, 0.1) is 27.2 Å². The van der Waals surface area contributed by atoms with Crippen molar-refractivity contribution in [3.05, 3.63) is 23.8 Å². The molecule has 0 saturated heterocycles. The number of amides is 1. The van der Waals surface area contributed by atoms with Crippen LogP contribution in [0.15, 0.2) is 18.2 Å². The third-order valence-corrected chi connectivity index (χ3v) is 3.94. The maximum absolute atomic E-state index is 13.0. The van der Waals surface area contributed by atoms with E-state index >= 15 is 0 Å². The van der Waals surface area contributed by atoms with Crippen molar-refractivity contribution in [3.8, 4) is 11.5 Å². The predicted molar refractivity (Wildman–Crippen MR) is 97.7 cm³/mol. The van der Waals surface area contributed by atoms with Crippen LogP contribution in [0.1, 0.15) is 30.6 Å². The molecule has 1 unspecified atom stereocenters. The van der Waals surface area contributed by atoms with Crippen LogP contribution < -0.4 is 9.47 Å². The first kappa shape index (κ1) is 21.8. The van der Waals surface area contributed by atoms with Crippen molar-refractivity contribution in [2.45, 2.75) is 20.3 Å². The SMILES string of the molecule is CCOCCCN(CC(C)C(=O)OC)C(=O)c1ccc(OC)c(OC)c1. The van der Waals surface area contributed by atoms with E-state index in [1.165, 1.54) is 21.3 Å². The molecule has 7 heteroatoms. The van der Waals surface area contributed by atoms with E-state index in [0.717, 1.165) is 0 Å². The molecular formula is C19H29NO6.